The van der Waals surface area contributed by atoms with Gasteiger partial charge >= 0.3 is 12.1 Å². The molecule has 7 heteroatoms. The molecule has 16 heavy (non-hydrogen) atoms. The highest BCUT2D eigenvalue weighted by molar-refractivity contribution is 5.72. The predicted molar refractivity (Wildman–Crippen MR) is 43.8 cm³/mol. The summed E-state index contributed by atoms with van der Waals surface area (Å²) in [6, 6.07) is 0. The molecular weight excluding hydrogens is 235 g/mol. The zero-order valence-electron chi connectivity index (χ0n) is 8.48. The third-order valence-corrected chi connectivity index (χ3v) is 2.66. The number of ether oxygens (including phenoxy) is 1. The molecule has 0 spiro atoms. The lowest BCUT2D eigenvalue weighted by Crippen LogP contribution is -2.41. The van der Waals surface area contributed by atoms with Crippen LogP contribution in [0.15, 0.2) is 0 Å². The van der Waals surface area contributed by atoms with Crippen molar-refractivity contribution in [2.75, 3.05) is 7.11 Å². The summed E-state index contributed by atoms with van der Waals surface area (Å²) in [5.74, 6) is -7.98. The maximum absolute atomic E-state index is 13.0. The summed E-state index contributed by atoms with van der Waals surface area (Å²) in [4.78, 5) is 11.0. The topological polar surface area (TPSA) is 26.3 Å². The van der Waals surface area contributed by atoms with Gasteiger partial charge in [0.15, 0.2) is 0 Å². The van der Waals surface area contributed by atoms with Crippen LogP contribution in [-0.2, 0) is 9.53 Å². The Bertz CT molecular complexity index is 274. The Morgan fingerprint density at radius 2 is 1.88 bits per heavy atom. The summed E-state index contributed by atoms with van der Waals surface area (Å²) >= 11 is 0. The fraction of sp³-hybridized carbons (Fsp3) is 0.889. The lowest BCUT2D eigenvalue weighted by molar-refractivity contribution is -0.216. The Kier molecular flexibility index (Phi) is 3.44. The predicted octanol–water partition coefficient (Wildman–Crippen LogP) is 2.77. The second-order valence-electron chi connectivity index (χ2n) is 3.96. The number of alkyl halides is 5. The van der Waals surface area contributed by atoms with Crippen molar-refractivity contribution in [2.45, 2.75) is 31.4 Å². The maximum Gasteiger partial charge on any atom is 0.392 e. The van der Waals surface area contributed by atoms with Crippen LogP contribution in [0.5, 0.6) is 0 Å². The van der Waals surface area contributed by atoms with E-state index in [1.807, 2.05) is 0 Å². The minimum absolute atomic E-state index is 0.619. The van der Waals surface area contributed by atoms with E-state index >= 15 is 0 Å². The molecule has 0 aromatic carbocycles. The molecule has 94 valence electrons. The molecule has 0 aliphatic heterocycles. The fourth-order valence-corrected chi connectivity index (χ4v) is 1.91. The Morgan fingerprint density at radius 3 is 2.31 bits per heavy atom. The highest BCUT2D eigenvalue weighted by atomic mass is 19.4. The smallest absolute Gasteiger partial charge is 0.392 e. The largest absolute Gasteiger partial charge is 0.469 e. The first-order chi connectivity index (χ1) is 7.15. The number of carbonyl (C=O) groups is 1. The van der Waals surface area contributed by atoms with Crippen LogP contribution in [0.2, 0.25) is 0 Å². The molecule has 1 fully saturated rings. The van der Waals surface area contributed by atoms with Crippen LogP contribution in [0.3, 0.4) is 0 Å². The van der Waals surface area contributed by atoms with E-state index in [0.29, 0.717) is 0 Å². The summed E-state index contributed by atoms with van der Waals surface area (Å²) in [5, 5.41) is 0. The molecule has 1 rings (SSSR count). The van der Waals surface area contributed by atoms with Crippen molar-refractivity contribution in [3.63, 3.8) is 0 Å². The van der Waals surface area contributed by atoms with Crippen molar-refractivity contribution < 1.29 is 31.5 Å². The summed E-state index contributed by atoms with van der Waals surface area (Å²) in [7, 11) is 0.970. The van der Waals surface area contributed by atoms with E-state index in [1.165, 1.54) is 0 Å². The molecule has 0 heterocycles. The normalized spacial score (nSPS) is 29.9. The Balaban J connectivity index is 2.82. The van der Waals surface area contributed by atoms with Crippen LogP contribution >= 0.6 is 0 Å². The Labute approximate surface area is 88.8 Å². The first-order valence-corrected chi connectivity index (χ1v) is 4.68. The van der Waals surface area contributed by atoms with Crippen LogP contribution < -0.4 is 0 Å². The molecule has 0 aromatic rings. The summed E-state index contributed by atoms with van der Waals surface area (Å²) in [5.41, 5.74) is 0. The zero-order valence-corrected chi connectivity index (χ0v) is 8.48. The monoisotopic (exact) mass is 246 g/mol. The van der Waals surface area contributed by atoms with Crippen molar-refractivity contribution in [1.82, 2.24) is 0 Å². The van der Waals surface area contributed by atoms with Crippen molar-refractivity contribution in [3.05, 3.63) is 0 Å². The van der Waals surface area contributed by atoms with Crippen molar-refractivity contribution >= 4 is 5.97 Å². The highest BCUT2D eigenvalue weighted by Gasteiger charge is 2.53. The zero-order chi connectivity index (χ0) is 12.6. The minimum Gasteiger partial charge on any atom is -0.469 e. The second-order valence-corrected chi connectivity index (χ2v) is 3.96. The molecule has 1 aliphatic carbocycles. The van der Waals surface area contributed by atoms with Crippen LogP contribution in [0.4, 0.5) is 22.0 Å². The van der Waals surface area contributed by atoms with Gasteiger partial charge in [-0.15, -0.1) is 0 Å². The van der Waals surface area contributed by atoms with Crippen molar-refractivity contribution in [2.24, 2.45) is 11.8 Å². The first-order valence-electron chi connectivity index (χ1n) is 4.68. The lowest BCUT2D eigenvalue weighted by Gasteiger charge is -2.34. The van der Waals surface area contributed by atoms with Gasteiger partial charge in [0.05, 0.1) is 18.9 Å². The van der Waals surface area contributed by atoms with E-state index in [4.69, 9.17) is 0 Å². The molecule has 0 bridgehead atoms. The number of halogens is 5. The lowest BCUT2D eigenvalue weighted by atomic mass is 9.79. The molecule has 2 unspecified atom stereocenters. The van der Waals surface area contributed by atoms with Gasteiger partial charge in [-0.05, 0) is 6.42 Å². The van der Waals surface area contributed by atoms with E-state index in [9.17, 15) is 26.7 Å². The van der Waals surface area contributed by atoms with Gasteiger partial charge in [0.25, 0.3) is 0 Å². The van der Waals surface area contributed by atoms with Crippen molar-refractivity contribution in [3.8, 4) is 0 Å². The summed E-state index contributed by atoms with van der Waals surface area (Å²) in [6.07, 6.45) is -7.43. The number of esters is 1. The molecule has 2 atom stereocenters. The number of rotatable bonds is 1. The Morgan fingerprint density at radius 1 is 1.31 bits per heavy atom. The SMILES string of the molecule is COC(=O)C1CC(C(F)(F)F)CC(F)(F)C1. The van der Waals surface area contributed by atoms with E-state index in [-0.39, 0.29) is 0 Å². The molecule has 1 aliphatic rings. The van der Waals surface area contributed by atoms with E-state index < -0.39 is 49.2 Å². The van der Waals surface area contributed by atoms with Gasteiger partial charge in [-0.1, -0.05) is 0 Å². The number of carbonyl (C=O) groups excluding carboxylic acids is 1. The third kappa shape index (κ3) is 3.05. The number of hydrogen-bond donors (Lipinski definition) is 0. The average Bonchev–Trinajstić information content (AvgIpc) is 2.12. The molecule has 1 saturated carbocycles. The number of hydrogen-bond acceptors (Lipinski definition) is 2. The summed E-state index contributed by atoms with van der Waals surface area (Å²) < 4.78 is 67.3. The maximum atomic E-state index is 13.0. The molecule has 0 N–H and O–H groups in total. The van der Waals surface area contributed by atoms with Gasteiger partial charge in [-0.2, -0.15) is 13.2 Å². The molecule has 2 nitrogen and oxygen atoms in total. The van der Waals surface area contributed by atoms with Gasteiger partial charge < -0.3 is 4.74 Å². The minimum atomic E-state index is -4.70. The quantitative estimate of drug-likeness (QED) is 0.525. The van der Waals surface area contributed by atoms with E-state index in [1.54, 1.807) is 0 Å². The molecule has 0 radical (unpaired) electrons. The van der Waals surface area contributed by atoms with Gasteiger partial charge in [-0.25, -0.2) is 8.78 Å². The average molecular weight is 246 g/mol. The van der Waals surface area contributed by atoms with Crippen LogP contribution in [0.25, 0.3) is 0 Å². The molecular formula is C9H11F5O2. The first kappa shape index (κ1) is 13.2. The van der Waals surface area contributed by atoms with Crippen LogP contribution in [-0.4, -0.2) is 25.2 Å². The third-order valence-electron chi connectivity index (χ3n) is 2.66. The molecule has 0 saturated heterocycles. The molecule has 0 aromatic heterocycles. The van der Waals surface area contributed by atoms with Gasteiger partial charge in [0.1, 0.15) is 0 Å². The van der Waals surface area contributed by atoms with Crippen molar-refractivity contribution in [1.29, 1.82) is 0 Å². The van der Waals surface area contributed by atoms with Crippen LogP contribution in [0.1, 0.15) is 19.3 Å². The van der Waals surface area contributed by atoms with Gasteiger partial charge in [0.2, 0.25) is 5.92 Å². The highest BCUT2D eigenvalue weighted by Crippen LogP contribution is 2.46. The standard InChI is InChI=1S/C9H11F5O2/c1-16-7(15)5-2-6(9(12,13)14)4-8(10,11)3-5/h5-6H,2-4H2,1H3. The summed E-state index contributed by atoms with van der Waals surface area (Å²) in [6.45, 7) is 0. The van der Waals surface area contributed by atoms with Gasteiger partial charge in [-0.3, -0.25) is 4.79 Å². The van der Waals surface area contributed by atoms with Gasteiger partial charge in [0, 0.05) is 12.8 Å². The van der Waals surface area contributed by atoms with Crippen LogP contribution in [0, 0.1) is 11.8 Å². The molecule has 0 amide bonds. The van der Waals surface area contributed by atoms with E-state index in [2.05, 4.69) is 4.74 Å². The number of methoxy groups -OCH3 is 1. The Hall–Kier alpha value is -0.880. The van der Waals surface area contributed by atoms with E-state index in [0.717, 1.165) is 7.11 Å². The fourth-order valence-electron chi connectivity index (χ4n) is 1.91. The second kappa shape index (κ2) is 4.18.